The number of amides is 1. The van der Waals surface area contributed by atoms with Gasteiger partial charge in [-0.3, -0.25) is 24.6 Å². The second kappa shape index (κ2) is 14.0. The van der Waals surface area contributed by atoms with Crippen LogP contribution in [0.5, 0.6) is 11.5 Å². The number of hydrogen-bond acceptors (Lipinski definition) is 8. The van der Waals surface area contributed by atoms with Crippen LogP contribution >= 0.6 is 23.2 Å². The van der Waals surface area contributed by atoms with Gasteiger partial charge in [-0.1, -0.05) is 65.2 Å². The smallest absolute Gasteiger partial charge is 0.259 e. The maximum absolute atomic E-state index is 13.5. The summed E-state index contributed by atoms with van der Waals surface area (Å²) in [6.45, 7) is 7.93. The molecule has 0 radical (unpaired) electrons. The molecule has 6 rings (SSSR count). The molecule has 1 aliphatic rings. The van der Waals surface area contributed by atoms with E-state index in [-0.39, 0.29) is 5.91 Å². The number of pyridine rings is 1. The summed E-state index contributed by atoms with van der Waals surface area (Å²) in [7, 11) is 3.03. The summed E-state index contributed by atoms with van der Waals surface area (Å²) in [5.74, 6) is 0.877. The predicted octanol–water partition coefficient (Wildman–Crippen LogP) is 6.89. The molecule has 1 saturated heterocycles. The van der Waals surface area contributed by atoms with Crippen molar-refractivity contribution in [3.05, 3.63) is 105 Å². The molecule has 3 aromatic carbocycles. The van der Waals surface area contributed by atoms with E-state index in [0.717, 1.165) is 44.8 Å². The number of aromatic nitrogens is 3. The van der Waals surface area contributed by atoms with Crippen LogP contribution in [0.25, 0.3) is 22.2 Å². The Morgan fingerprint density at radius 3 is 1.96 bits per heavy atom. The lowest BCUT2D eigenvalue weighted by molar-refractivity contribution is 0.102. The number of anilines is 1. The highest BCUT2D eigenvalue weighted by atomic mass is 35.5. The number of methoxy groups -OCH3 is 2. The molecule has 0 atom stereocenters. The van der Waals surface area contributed by atoms with Crippen LogP contribution < -0.4 is 14.8 Å². The number of ether oxygens (including phenoxy) is 2. The summed E-state index contributed by atoms with van der Waals surface area (Å²) < 4.78 is 10.9. The first-order valence-corrected chi connectivity index (χ1v) is 15.7. The van der Waals surface area contributed by atoms with E-state index in [4.69, 9.17) is 32.7 Å². The van der Waals surface area contributed by atoms with Crippen LogP contribution in [0.2, 0.25) is 10.0 Å². The van der Waals surface area contributed by atoms with Crippen LogP contribution in [0.3, 0.4) is 0 Å². The van der Waals surface area contributed by atoms with Crippen molar-refractivity contribution in [1.29, 1.82) is 0 Å². The fourth-order valence-electron chi connectivity index (χ4n) is 5.65. The van der Waals surface area contributed by atoms with E-state index in [9.17, 15) is 4.79 Å². The maximum Gasteiger partial charge on any atom is 0.259 e. The van der Waals surface area contributed by atoms with Crippen LogP contribution in [-0.4, -0.2) is 71.1 Å². The number of benzene rings is 3. The van der Waals surface area contributed by atoms with E-state index in [1.165, 1.54) is 31.5 Å². The van der Waals surface area contributed by atoms with Gasteiger partial charge in [-0.05, 0) is 30.2 Å². The zero-order valence-electron chi connectivity index (χ0n) is 25.9. The first-order chi connectivity index (χ1) is 22.3. The Kier molecular flexibility index (Phi) is 9.65. The molecular weight excluding hydrogens is 623 g/mol. The van der Waals surface area contributed by atoms with Crippen molar-refractivity contribution < 1.29 is 14.3 Å². The van der Waals surface area contributed by atoms with Crippen molar-refractivity contribution in [2.45, 2.75) is 20.0 Å². The number of carbonyl (C=O) groups is 1. The highest BCUT2D eigenvalue weighted by molar-refractivity contribution is 6.41. The van der Waals surface area contributed by atoms with Crippen LogP contribution in [0, 0.1) is 6.92 Å². The lowest BCUT2D eigenvalue weighted by Crippen LogP contribution is -2.45. The number of aryl methyl sites for hydroxylation is 1. The number of halogens is 2. The number of piperazine rings is 1. The molecule has 3 heterocycles. The Morgan fingerprint density at radius 2 is 1.37 bits per heavy atom. The van der Waals surface area contributed by atoms with Gasteiger partial charge in [0.1, 0.15) is 22.8 Å². The summed E-state index contributed by atoms with van der Waals surface area (Å²) in [5.41, 5.74) is 5.97. The Bertz CT molecular complexity index is 1830. The molecule has 0 aliphatic carbocycles. The molecule has 9 nitrogen and oxygen atoms in total. The number of fused-ring (bicyclic) bond motifs is 1. The van der Waals surface area contributed by atoms with E-state index >= 15 is 0 Å². The first-order valence-electron chi connectivity index (χ1n) is 14.9. The van der Waals surface area contributed by atoms with Gasteiger partial charge in [-0.15, -0.1) is 0 Å². The molecule has 2 aromatic heterocycles. The predicted molar refractivity (Wildman–Crippen MR) is 182 cm³/mol. The second-order valence-electron chi connectivity index (χ2n) is 11.2. The van der Waals surface area contributed by atoms with Gasteiger partial charge in [0, 0.05) is 75.1 Å². The summed E-state index contributed by atoms with van der Waals surface area (Å²) >= 11 is 13.4. The van der Waals surface area contributed by atoms with Crippen LogP contribution in [-0.2, 0) is 13.1 Å². The fourth-order valence-corrected chi connectivity index (χ4v) is 6.36. The summed E-state index contributed by atoms with van der Waals surface area (Å²) in [4.78, 5) is 31.9. The largest absolute Gasteiger partial charge is 0.495 e. The third-order valence-electron chi connectivity index (χ3n) is 8.18. The second-order valence-corrected chi connectivity index (χ2v) is 12.0. The zero-order valence-corrected chi connectivity index (χ0v) is 27.4. The first kappa shape index (κ1) is 31.7. The molecule has 236 valence electrons. The monoisotopic (exact) mass is 656 g/mol. The SMILES string of the molecule is COc1cc(OC)c(Cl)c(-c2ccc(C(=O)Nc3ccc(CN4CCN(Cc5ccc(C)cc5)CC4)cn3)c3nccnc23)c1Cl. The van der Waals surface area contributed by atoms with Crippen LogP contribution in [0.4, 0.5) is 5.82 Å². The lowest BCUT2D eigenvalue weighted by atomic mass is 9.99. The summed E-state index contributed by atoms with van der Waals surface area (Å²) in [5, 5.41) is 3.50. The molecule has 0 spiro atoms. The van der Waals surface area contributed by atoms with Crippen molar-refractivity contribution in [2.75, 3.05) is 45.7 Å². The summed E-state index contributed by atoms with van der Waals surface area (Å²) in [6, 6.07) is 17.6. The molecule has 1 fully saturated rings. The minimum Gasteiger partial charge on any atom is -0.495 e. The van der Waals surface area contributed by atoms with E-state index in [1.54, 1.807) is 24.4 Å². The Labute approximate surface area is 278 Å². The number of nitrogens with one attached hydrogen (secondary N) is 1. The Balaban J connectivity index is 1.13. The third kappa shape index (κ3) is 6.78. The lowest BCUT2D eigenvalue weighted by Gasteiger charge is -2.34. The number of rotatable bonds is 9. The average Bonchev–Trinajstić information content (AvgIpc) is 3.07. The van der Waals surface area contributed by atoms with Crippen LogP contribution in [0.1, 0.15) is 27.0 Å². The number of nitrogens with zero attached hydrogens (tertiary/aromatic N) is 5. The van der Waals surface area contributed by atoms with Gasteiger partial charge in [0.2, 0.25) is 0 Å². The van der Waals surface area contributed by atoms with Gasteiger partial charge in [-0.25, -0.2) is 4.98 Å². The highest BCUT2D eigenvalue weighted by Gasteiger charge is 2.23. The molecule has 0 bridgehead atoms. The average molecular weight is 658 g/mol. The molecule has 1 aliphatic heterocycles. The minimum atomic E-state index is -0.359. The quantitative estimate of drug-likeness (QED) is 0.183. The molecule has 0 unspecified atom stereocenters. The molecule has 11 heteroatoms. The van der Waals surface area contributed by atoms with Gasteiger partial charge >= 0.3 is 0 Å². The van der Waals surface area contributed by atoms with E-state index in [1.807, 2.05) is 18.3 Å². The number of hydrogen-bond donors (Lipinski definition) is 1. The van der Waals surface area contributed by atoms with Crippen molar-refractivity contribution in [3.8, 4) is 22.6 Å². The standard InChI is InChI=1S/C35H34Cl2N6O3/c1-22-4-6-23(7-5-22)20-42-14-16-43(17-15-42)21-24-8-11-29(40-19-24)41-35(44)26-10-9-25(33-34(26)39-13-12-38-33)30-31(36)27(45-2)18-28(46-3)32(30)37/h4-13,18-19H,14-17,20-21H2,1-3H3,(H,40,41,44). The zero-order chi connectivity index (χ0) is 32.2. The van der Waals surface area contributed by atoms with Gasteiger partial charge in [0.15, 0.2) is 0 Å². The maximum atomic E-state index is 13.5. The van der Waals surface area contributed by atoms with Crippen molar-refractivity contribution in [1.82, 2.24) is 24.8 Å². The topological polar surface area (TPSA) is 92.7 Å². The fraction of sp³-hybridized carbons (Fsp3) is 0.257. The van der Waals surface area contributed by atoms with Crippen molar-refractivity contribution in [3.63, 3.8) is 0 Å². The van der Waals surface area contributed by atoms with Crippen molar-refractivity contribution >= 4 is 46.0 Å². The third-order valence-corrected chi connectivity index (χ3v) is 8.93. The molecule has 46 heavy (non-hydrogen) atoms. The summed E-state index contributed by atoms with van der Waals surface area (Å²) in [6.07, 6.45) is 4.90. The van der Waals surface area contributed by atoms with E-state index in [0.29, 0.717) is 55.1 Å². The molecule has 0 saturated carbocycles. The van der Waals surface area contributed by atoms with E-state index < -0.39 is 0 Å². The van der Waals surface area contributed by atoms with Gasteiger partial charge in [-0.2, -0.15) is 0 Å². The van der Waals surface area contributed by atoms with Gasteiger partial charge in [0.05, 0.1) is 35.3 Å². The molecule has 1 N–H and O–H groups in total. The normalized spacial score (nSPS) is 13.9. The Hall–Kier alpha value is -4.28. The van der Waals surface area contributed by atoms with Gasteiger partial charge in [0.25, 0.3) is 5.91 Å². The van der Waals surface area contributed by atoms with E-state index in [2.05, 4.69) is 61.3 Å². The van der Waals surface area contributed by atoms with Crippen molar-refractivity contribution in [2.24, 2.45) is 0 Å². The van der Waals surface area contributed by atoms with Gasteiger partial charge < -0.3 is 14.8 Å². The molecular formula is C35H34Cl2N6O3. The van der Waals surface area contributed by atoms with Crippen LogP contribution in [0.15, 0.2) is 73.2 Å². The minimum absolute atomic E-state index is 0.297. The molecule has 5 aromatic rings. The Morgan fingerprint density at radius 1 is 0.783 bits per heavy atom. The molecule has 1 amide bonds. The number of carbonyl (C=O) groups excluding carboxylic acids is 1. The highest BCUT2D eigenvalue weighted by Crippen LogP contribution is 2.47.